The van der Waals surface area contributed by atoms with Gasteiger partial charge >= 0.3 is 0 Å². The summed E-state index contributed by atoms with van der Waals surface area (Å²) in [6, 6.07) is 3.75. The maximum Gasteiger partial charge on any atom is 0.270 e. The minimum atomic E-state index is 0.0373. The normalized spacial score (nSPS) is 15.2. The fourth-order valence-corrected chi connectivity index (χ4v) is 2.74. The van der Waals surface area contributed by atoms with Crippen molar-refractivity contribution in [2.24, 2.45) is 4.99 Å². The molecule has 0 fully saturated rings. The van der Waals surface area contributed by atoms with Gasteiger partial charge in [-0.1, -0.05) is 11.3 Å². The van der Waals surface area contributed by atoms with E-state index in [0.717, 1.165) is 22.9 Å². The second-order valence-electron chi connectivity index (χ2n) is 3.68. The maximum atomic E-state index is 11.9. The van der Waals surface area contributed by atoms with Gasteiger partial charge in [-0.2, -0.15) is 0 Å². The first-order valence-corrected chi connectivity index (χ1v) is 5.88. The summed E-state index contributed by atoms with van der Waals surface area (Å²) in [5.74, 6) is 1.57. The van der Waals surface area contributed by atoms with Crippen molar-refractivity contribution >= 4 is 17.4 Å². The van der Waals surface area contributed by atoms with Gasteiger partial charge in [0.05, 0.1) is 11.1 Å². The molecule has 3 rings (SSSR count). The first-order chi connectivity index (χ1) is 7.74. The van der Waals surface area contributed by atoms with Crippen molar-refractivity contribution in [2.75, 3.05) is 6.54 Å². The Morgan fingerprint density at radius 3 is 3.12 bits per heavy atom. The molecule has 82 valence electrons. The summed E-state index contributed by atoms with van der Waals surface area (Å²) >= 11 is 1.42. The van der Waals surface area contributed by atoms with Crippen LogP contribution in [0.3, 0.4) is 0 Å². The van der Waals surface area contributed by atoms with Crippen LogP contribution in [-0.4, -0.2) is 11.1 Å². The van der Waals surface area contributed by atoms with Crippen molar-refractivity contribution in [1.82, 2.24) is 4.57 Å². The number of aryl methyl sites for hydroxylation is 1. The van der Waals surface area contributed by atoms with Crippen molar-refractivity contribution in [3.63, 3.8) is 0 Å². The van der Waals surface area contributed by atoms with Crippen LogP contribution in [0.4, 0.5) is 0 Å². The van der Waals surface area contributed by atoms with Gasteiger partial charge in [0.2, 0.25) is 0 Å². The third kappa shape index (κ3) is 1.44. The quantitative estimate of drug-likeness (QED) is 0.711. The predicted molar refractivity (Wildman–Crippen MR) is 61.2 cm³/mol. The average molecular weight is 234 g/mol. The van der Waals surface area contributed by atoms with Crippen LogP contribution in [0.5, 0.6) is 0 Å². The molecule has 0 N–H and O–H groups in total. The summed E-state index contributed by atoms with van der Waals surface area (Å²) in [5.41, 5.74) is 0.0373. The Hall–Kier alpha value is -1.62. The number of hydrogen-bond donors (Lipinski definition) is 0. The van der Waals surface area contributed by atoms with Gasteiger partial charge in [0.25, 0.3) is 5.56 Å². The molecule has 0 saturated carbocycles. The summed E-state index contributed by atoms with van der Waals surface area (Å²) in [7, 11) is 0. The molecule has 0 bridgehead atoms. The van der Waals surface area contributed by atoms with Crippen molar-refractivity contribution < 1.29 is 4.42 Å². The van der Waals surface area contributed by atoms with Crippen molar-refractivity contribution in [3.05, 3.63) is 43.3 Å². The zero-order valence-corrected chi connectivity index (χ0v) is 9.58. The van der Waals surface area contributed by atoms with Gasteiger partial charge in [-0.15, -0.1) is 0 Å². The van der Waals surface area contributed by atoms with E-state index in [0.29, 0.717) is 11.1 Å². The summed E-state index contributed by atoms with van der Waals surface area (Å²) in [5, 5.41) is 0. The maximum absolute atomic E-state index is 11.9. The highest BCUT2D eigenvalue weighted by Gasteiger charge is 2.09. The fourth-order valence-electron chi connectivity index (χ4n) is 1.73. The van der Waals surface area contributed by atoms with E-state index in [4.69, 9.17) is 4.42 Å². The lowest BCUT2D eigenvalue weighted by Crippen LogP contribution is -2.29. The van der Waals surface area contributed by atoms with Crippen LogP contribution in [-0.2, 0) is 6.54 Å². The number of nitrogens with zero attached hydrogens (tertiary/aromatic N) is 2. The Bertz CT molecular complexity index is 705. The zero-order valence-electron chi connectivity index (χ0n) is 8.77. The molecule has 0 aliphatic carbocycles. The monoisotopic (exact) mass is 234 g/mol. The van der Waals surface area contributed by atoms with Crippen LogP contribution < -0.4 is 14.9 Å². The van der Waals surface area contributed by atoms with E-state index in [1.807, 2.05) is 19.1 Å². The lowest BCUT2D eigenvalue weighted by molar-refractivity contribution is 0.525. The molecule has 0 atom stereocenters. The molecular weight excluding hydrogens is 224 g/mol. The van der Waals surface area contributed by atoms with Crippen LogP contribution in [0.1, 0.15) is 11.5 Å². The highest BCUT2D eigenvalue weighted by molar-refractivity contribution is 7.07. The molecule has 2 aromatic rings. The van der Waals surface area contributed by atoms with E-state index in [1.54, 1.807) is 10.6 Å². The molecule has 1 aliphatic heterocycles. The van der Waals surface area contributed by atoms with Crippen LogP contribution >= 0.6 is 11.3 Å². The molecular formula is C11H10N2O2S. The molecule has 0 amide bonds. The smallest absolute Gasteiger partial charge is 0.270 e. The van der Waals surface area contributed by atoms with Crippen LogP contribution in [0.2, 0.25) is 0 Å². The van der Waals surface area contributed by atoms with E-state index in [-0.39, 0.29) is 5.56 Å². The Labute approximate surface area is 95.2 Å². The van der Waals surface area contributed by atoms with Gasteiger partial charge in [0, 0.05) is 12.6 Å². The van der Waals surface area contributed by atoms with Gasteiger partial charge in [0.1, 0.15) is 11.5 Å². The summed E-state index contributed by atoms with van der Waals surface area (Å²) < 4.78 is 7.82. The van der Waals surface area contributed by atoms with Gasteiger partial charge in [-0.05, 0) is 19.1 Å². The van der Waals surface area contributed by atoms with Crippen molar-refractivity contribution in [2.45, 2.75) is 13.5 Å². The lowest BCUT2D eigenvalue weighted by atomic mass is 10.4. The van der Waals surface area contributed by atoms with Gasteiger partial charge in [-0.25, -0.2) is 0 Å². The van der Waals surface area contributed by atoms with E-state index in [2.05, 4.69) is 4.99 Å². The minimum Gasteiger partial charge on any atom is -0.462 e. The third-order valence-electron chi connectivity index (χ3n) is 2.49. The Morgan fingerprint density at radius 2 is 2.44 bits per heavy atom. The molecule has 0 spiro atoms. The number of thiazole rings is 1. The molecule has 0 saturated heterocycles. The molecule has 0 radical (unpaired) electrons. The largest absolute Gasteiger partial charge is 0.462 e. The van der Waals surface area contributed by atoms with E-state index >= 15 is 0 Å². The second-order valence-corrected chi connectivity index (χ2v) is 4.69. The molecule has 16 heavy (non-hydrogen) atoms. The molecule has 0 aromatic carbocycles. The number of hydrogen-bond acceptors (Lipinski definition) is 4. The van der Waals surface area contributed by atoms with Gasteiger partial charge in [0.15, 0.2) is 4.80 Å². The standard InChI is InChI=1S/C11H10N2O2S/c1-7-2-3-8(15-7)6-9-10(14)13-5-4-12-11(13)16-9/h2-3,6H,4-5H2,1H3. The van der Waals surface area contributed by atoms with E-state index in [9.17, 15) is 4.79 Å². The molecule has 5 heteroatoms. The van der Waals surface area contributed by atoms with E-state index < -0.39 is 0 Å². The van der Waals surface area contributed by atoms with Crippen LogP contribution in [0.15, 0.2) is 26.3 Å². The average Bonchev–Trinajstić information content (AvgIpc) is 2.90. The third-order valence-corrected chi connectivity index (χ3v) is 3.54. The summed E-state index contributed by atoms with van der Waals surface area (Å²) in [6.45, 7) is 3.31. The SMILES string of the molecule is Cc1ccc(C=c2sc3n(c2=O)CCN=3)o1. The highest BCUT2D eigenvalue weighted by atomic mass is 32.1. The number of rotatable bonds is 1. The topological polar surface area (TPSA) is 47.5 Å². The first-order valence-electron chi connectivity index (χ1n) is 5.06. The van der Waals surface area contributed by atoms with Gasteiger partial charge in [-0.3, -0.25) is 14.4 Å². The first kappa shape index (κ1) is 9.59. The predicted octanol–water partition coefficient (Wildman–Crippen LogP) is 0.273. The number of aromatic nitrogens is 1. The molecule has 1 aliphatic rings. The van der Waals surface area contributed by atoms with Crippen LogP contribution in [0, 0.1) is 6.92 Å². The number of fused-ring (bicyclic) bond motifs is 1. The Balaban J connectivity index is 2.21. The fraction of sp³-hybridized carbons (Fsp3) is 0.273. The van der Waals surface area contributed by atoms with Crippen molar-refractivity contribution in [3.8, 4) is 0 Å². The Morgan fingerprint density at radius 1 is 1.56 bits per heavy atom. The van der Waals surface area contributed by atoms with Crippen LogP contribution in [0.25, 0.3) is 6.08 Å². The lowest BCUT2D eigenvalue weighted by Gasteiger charge is -1.86. The second kappa shape index (κ2) is 3.45. The molecule has 4 nitrogen and oxygen atoms in total. The molecule has 0 unspecified atom stereocenters. The minimum absolute atomic E-state index is 0.0373. The zero-order chi connectivity index (χ0) is 11.1. The molecule has 3 heterocycles. The summed E-state index contributed by atoms with van der Waals surface area (Å²) in [4.78, 5) is 17.0. The summed E-state index contributed by atoms with van der Waals surface area (Å²) in [6.07, 6.45) is 1.78. The van der Waals surface area contributed by atoms with Crippen molar-refractivity contribution in [1.29, 1.82) is 0 Å². The van der Waals surface area contributed by atoms with Gasteiger partial charge < -0.3 is 4.42 Å². The Kier molecular flexibility index (Phi) is 2.07. The molecule has 2 aromatic heterocycles. The number of furan rings is 1. The van der Waals surface area contributed by atoms with E-state index in [1.165, 1.54) is 11.3 Å². The highest BCUT2D eigenvalue weighted by Crippen LogP contribution is 2.06.